The first-order valence-corrected chi connectivity index (χ1v) is 9.78. The van der Waals surface area contributed by atoms with Gasteiger partial charge in [0.25, 0.3) is 0 Å². The third kappa shape index (κ3) is 3.11. The van der Waals surface area contributed by atoms with E-state index in [1.807, 2.05) is 0 Å². The molecule has 2 saturated heterocycles. The third-order valence-corrected chi connectivity index (χ3v) is 5.63. The van der Waals surface area contributed by atoms with Crippen LogP contribution in [-0.4, -0.2) is 51.7 Å². The number of nitrogens with zero attached hydrogens (tertiary/aromatic N) is 4. The summed E-state index contributed by atoms with van der Waals surface area (Å²) in [5.74, 6) is 1.89. The van der Waals surface area contributed by atoms with Crippen molar-refractivity contribution in [2.24, 2.45) is 5.92 Å². The zero-order chi connectivity index (χ0) is 17.8. The molecule has 2 aliphatic heterocycles. The molecule has 2 bridgehead atoms. The highest BCUT2D eigenvalue weighted by Gasteiger charge is 2.49. The molecule has 1 saturated carbocycles. The number of aromatic nitrogens is 2. The van der Waals surface area contributed by atoms with Crippen LogP contribution in [0.5, 0.6) is 0 Å². The minimum Gasteiger partial charge on any atom is -0.423 e. The van der Waals surface area contributed by atoms with E-state index in [-0.39, 0.29) is 12.5 Å². The van der Waals surface area contributed by atoms with Crippen molar-refractivity contribution in [3.63, 3.8) is 0 Å². The number of amides is 2. The van der Waals surface area contributed by atoms with Crippen molar-refractivity contribution < 1.29 is 26.5 Å². The number of hydroxylamine groups is 2. The lowest BCUT2D eigenvalue weighted by molar-refractivity contribution is -0.0317. The maximum atomic E-state index is 12.4. The standard InChI is InChI=1S/C14H20N4O6S/c1-8-2-3-9(6-8)12-15-16-13(23-12)11-5-4-10-7-17(11)14(19)18(10)24-25(20,21)22/h8-11H,2-7H2,1H3,(H,20,21,22)/t8-,9+,10+,11-/m0/s1. The summed E-state index contributed by atoms with van der Waals surface area (Å²) in [6, 6.07) is -1.46. The number of hydrogen-bond donors (Lipinski definition) is 1. The highest BCUT2D eigenvalue weighted by atomic mass is 32.3. The van der Waals surface area contributed by atoms with Gasteiger partial charge in [0.05, 0.1) is 6.04 Å². The van der Waals surface area contributed by atoms with Gasteiger partial charge in [0.15, 0.2) is 0 Å². The fraction of sp³-hybridized carbons (Fsp3) is 0.786. The zero-order valence-electron chi connectivity index (χ0n) is 13.7. The second kappa shape index (κ2) is 5.92. The number of carbonyl (C=O) groups excluding carboxylic acids is 1. The van der Waals surface area contributed by atoms with Crippen LogP contribution in [0, 0.1) is 5.92 Å². The van der Waals surface area contributed by atoms with Gasteiger partial charge in [0.1, 0.15) is 6.04 Å². The predicted octanol–water partition coefficient (Wildman–Crippen LogP) is 1.65. The van der Waals surface area contributed by atoms with Crippen molar-refractivity contribution in [3.8, 4) is 0 Å². The number of urea groups is 1. The summed E-state index contributed by atoms with van der Waals surface area (Å²) in [5.41, 5.74) is 0. The Kier molecular flexibility index (Phi) is 3.96. The molecule has 4 rings (SSSR count). The molecule has 138 valence electrons. The third-order valence-electron chi connectivity index (χ3n) is 5.28. The van der Waals surface area contributed by atoms with E-state index in [1.54, 1.807) is 0 Å². The minimum absolute atomic E-state index is 0.265. The lowest BCUT2D eigenvalue weighted by atomic mass is 10.0. The van der Waals surface area contributed by atoms with Crippen molar-refractivity contribution in [3.05, 3.63) is 11.8 Å². The zero-order valence-corrected chi connectivity index (χ0v) is 14.6. The highest BCUT2D eigenvalue weighted by Crippen LogP contribution is 2.41. The molecule has 3 aliphatic rings. The normalized spacial score (nSPS) is 32.6. The molecule has 1 N–H and O–H groups in total. The maximum Gasteiger partial charge on any atom is 0.418 e. The van der Waals surface area contributed by atoms with E-state index in [4.69, 9.17) is 8.97 Å². The van der Waals surface area contributed by atoms with Crippen LogP contribution in [0.25, 0.3) is 0 Å². The predicted molar refractivity (Wildman–Crippen MR) is 82.4 cm³/mol. The van der Waals surface area contributed by atoms with Gasteiger partial charge in [0, 0.05) is 12.5 Å². The molecule has 0 radical (unpaired) electrons. The molecule has 2 amide bonds. The van der Waals surface area contributed by atoms with Crippen molar-refractivity contribution in [2.45, 2.75) is 57.0 Å². The summed E-state index contributed by atoms with van der Waals surface area (Å²) in [6.45, 7) is 2.49. The Morgan fingerprint density at radius 2 is 1.96 bits per heavy atom. The van der Waals surface area contributed by atoms with Crippen LogP contribution < -0.4 is 0 Å². The summed E-state index contributed by atoms with van der Waals surface area (Å²) in [6.07, 6.45) is 4.26. The summed E-state index contributed by atoms with van der Waals surface area (Å²) in [4.78, 5) is 13.9. The van der Waals surface area contributed by atoms with Gasteiger partial charge in [-0.05, 0) is 38.0 Å². The van der Waals surface area contributed by atoms with Crippen LogP contribution in [-0.2, 0) is 14.7 Å². The lowest BCUT2D eigenvalue weighted by Gasteiger charge is -2.27. The number of hydrogen-bond acceptors (Lipinski definition) is 7. The van der Waals surface area contributed by atoms with Crippen molar-refractivity contribution in [2.75, 3.05) is 6.54 Å². The Hall–Kier alpha value is -1.72. The highest BCUT2D eigenvalue weighted by molar-refractivity contribution is 7.80. The summed E-state index contributed by atoms with van der Waals surface area (Å²) >= 11 is 0. The Balaban J connectivity index is 1.51. The fourth-order valence-corrected chi connectivity index (χ4v) is 4.45. The monoisotopic (exact) mass is 372 g/mol. The molecule has 0 aromatic carbocycles. The van der Waals surface area contributed by atoms with Crippen LogP contribution in [0.15, 0.2) is 4.42 Å². The largest absolute Gasteiger partial charge is 0.423 e. The summed E-state index contributed by atoms with van der Waals surface area (Å²) in [5, 5.41) is 8.99. The molecule has 11 heteroatoms. The van der Waals surface area contributed by atoms with Crippen LogP contribution in [0.1, 0.15) is 62.8 Å². The van der Waals surface area contributed by atoms with E-state index >= 15 is 0 Å². The average Bonchev–Trinajstić information content (AvgIpc) is 3.23. The van der Waals surface area contributed by atoms with Crippen molar-refractivity contribution in [1.29, 1.82) is 0 Å². The van der Waals surface area contributed by atoms with E-state index in [0.717, 1.165) is 19.3 Å². The fourth-order valence-electron chi connectivity index (χ4n) is 4.07. The number of rotatable bonds is 4. The Labute approximate surface area is 145 Å². The van der Waals surface area contributed by atoms with Gasteiger partial charge in [-0.1, -0.05) is 6.92 Å². The molecule has 0 unspecified atom stereocenters. The van der Waals surface area contributed by atoms with Crippen LogP contribution >= 0.6 is 0 Å². The van der Waals surface area contributed by atoms with E-state index < -0.39 is 28.5 Å². The number of fused-ring (bicyclic) bond motifs is 2. The Bertz CT molecular complexity index is 780. The quantitative estimate of drug-likeness (QED) is 0.791. The van der Waals surface area contributed by atoms with Crippen LogP contribution in [0.4, 0.5) is 4.79 Å². The molecule has 10 nitrogen and oxygen atoms in total. The van der Waals surface area contributed by atoms with Gasteiger partial charge >= 0.3 is 16.4 Å². The summed E-state index contributed by atoms with van der Waals surface area (Å²) < 4.78 is 41.0. The van der Waals surface area contributed by atoms with Gasteiger partial charge in [-0.25, -0.2) is 4.79 Å². The van der Waals surface area contributed by atoms with Crippen molar-refractivity contribution in [1.82, 2.24) is 20.2 Å². The van der Waals surface area contributed by atoms with E-state index in [9.17, 15) is 13.2 Å². The van der Waals surface area contributed by atoms with E-state index in [1.165, 1.54) is 4.90 Å². The number of piperidine rings is 1. The first-order valence-electron chi connectivity index (χ1n) is 8.42. The first-order chi connectivity index (χ1) is 11.8. The lowest BCUT2D eigenvalue weighted by Crippen LogP contribution is -2.35. The van der Waals surface area contributed by atoms with E-state index in [0.29, 0.717) is 35.6 Å². The molecule has 0 spiro atoms. The molecular weight excluding hydrogens is 352 g/mol. The van der Waals surface area contributed by atoms with Crippen molar-refractivity contribution >= 4 is 16.4 Å². The summed E-state index contributed by atoms with van der Waals surface area (Å²) in [7, 11) is -4.75. The van der Waals surface area contributed by atoms with Crippen LogP contribution in [0.3, 0.4) is 0 Å². The SMILES string of the molecule is C[C@H]1CC[C@@H](c2nnc([C@@H]3CC[C@@H]4CN3C(=O)N4OS(=O)(=O)O)o2)C1. The van der Waals surface area contributed by atoms with Gasteiger partial charge in [0.2, 0.25) is 11.8 Å². The van der Waals surface area contributed by atoms with E-state index in [2.05, 4.69) is 21.4 Å². The second-order valence-corrected chi connectivity index (χ2v) is 8.11. The first kappa shape index (κ1) is 16.7. The Morgan fingerprint density at radius 3 is 2.64 bits per heavy atom. The topological polar surface area (TPSA) is 126 Å². The van der Waals surface area contributed by atoms with Gasteiger partial charge in [-0.2, -0.15) is 13.5 Å². The second-order valence-electron chi connectivity index (χ2n) is 7.10. The smallest absolute Gasteiger partial charge is 0.418 e. The molecule has 4 atom stereocenters. The molecule has 25 heavy (non-hydrogen) atoms. The van der Waals surface area contributed by atoms with Crippen LogP contribution in [0.2, 0.25) is 0 Å². The molecule has 1 aromatic rings. The van der Waals surface area contributed by atoms with Gasteiger partial charge in [-0.15, -0.1) is 14.5 Å². The molecular formula is C14H20N4O6S. The molecule has 1 aliphatic carbocycles. The minimum atomic E-state index is -4.75. The van der Waals surface area contributed by atoms with Gasteiger partial charge < -0.3 is 9.32 Å². The molecule has 1 aromatic heterocycles. The molecule has 3 heterocycles. The number of carbonyl (C=O) groups is 1. The molecule has 3 fully saturated rings. The average molecular weight is 372 g/mol. The maximum absolute atomic E-state index is 12.4. The Morgan fingerprint density at radius 1 is 1.20 bits per heavy atom. The van der Waals surface area contributed by atoms with Gasteiger partial charge in [-0.3, -0.25) is 4.55 Å².